The van der Waals surface area contributed by atoms with Crippen LogP contribution in [-0.4, -0.2) is 25.2 Å². The van der Waals surface area contributed by atoms with Crippen LogP contribution in [0.4, 0.5) is 52.7 Å². The van der Waals surface area contributed by atoms with Crippen LogP contribution >= 0.6 is 0 Å². The van der Waals surface area contributed by atoms with E-state index in [1.54, 1.807) is 0 Å². The lowest BCUT2D eigenvalue weighted by Crippen LogP contribution is -2.26. The molecule has 0 aliphatic carbocycles. The van der Waals surface area contributed by atoms with Crippen LogP contribution in [0.2, 0.25) is 0 Å². The molecule has 0 heterocycles. The monoisotopic (exact) mass is 328 g/mol. The maximum Gasteiger partial charge on any atom is 0.360 e. The lowest BCUT2D eigenvalue weighted by atomic mass is 10.3. The molecule has 0 bridgehead atoms. The van der Waals surface area contributed by atoms with E-state index >= 15 is 0 Å². The molecule has 20 heavy (non-hydrogen) atoms. The Labute approximate surface area is 103 Å². The van der Waals surface area contributed by atoms with Gasteiger partial charge in [-0.1, -0.05) is 0 Å². The van der Waals surface area contributed by atoms with E-state index in [-0.39, 0.29) is 0 Å². The molecule has 0 atom stereocenters. The van der Waals surface area contributed by atoms with Gasteiger partial charge >= 0.3 is 12.3 Å². The minimum absolute atomic E-state index is 1.19. The second-order valence-electron chi connectivity index (χ2n) is 2.68. The zero-order chi connectivity index (χ0) is 16.7. The van der Waals surface area contributed by atoms with Crippen molar-refractivity contribution >= 4 is 0 Å². The molecule has 0 nitrogen and oxygen atoms in total. The molecule has 0 saturated carbocycles. The van der Waals surface area contributed by atoms with Crippen molar-refractivity contribution in [3.63, 3.8) is 0 Å². The number of hydrogen-bond acceptors (Lipinski definition) is 0. The lowest BCUT2D eigenvalue weighted by molar-refractivity contribution is -0.113. The van der Waals surface area contributed by atoms with Gasteiger partial charge in [0.1, 0.15) is 6.33 Å². The first-order chi connectivity index (χ1) is 8.89. The highest BCUT2D eigenvalue weighted by Crippen LogP contribution is 2.31. The maximum atomic E-state index is 11.5. The summed E-state index contributed by atoms with van der Waals surface area (Å²) in [5.74, 6) is -13.2. The molecule has 12 heteroatoms. The molecule has 0 saturated heterocycles. The van der Waals surface area contributed by atoms with Gasteiger partial charge in [-0.15, -0.1) is 0 Å². The largest absolute Gasteiger partial charge is 0.360 e. The molecular weight excluding hydrogens is 324 g/mol. The molecule has 0 aromatic heterocycles. The Balaban J connectivity index is 0. The van der Waals surface area contributed by atoms with E-state index in [2.05, 4.69) is 0 Å². The number of alkyl halides is 8. The fourth-order valence-corrected chi connectivity index (χ4v) is 0.385. The van der Waals surface area contributed by atoms with E-state index < -0.39 is 49.0 Å². The summed E-state index contributed by atoms with van der Waals surface area (Å²) in [6.45, 7) is 0. The normalized spacial score (nSPS) is 14.4. The summed E-state index contributed by atoms with van der Waals surface area (Å²) in [6, 6.07) is 0. The van der Waals surface area contributed by atoms with Crippen molar-refractivity contribution in [1.82, 2.24) is 0 Å². The van der Waals surface area contributed by atoms with E-state index in [4.69, 9.17) is 0 Å². The molecule has 0 spiro atoms. The molecule has 120 valence electrons. The molecule has 0 fully saturated rings. The smallest absolute Gasteiger partial charge is 0.212 e. The third kappa shape index (κ3) is 6.70. The maximum absolute atomic E-state index is 11.5. The molecule has 0 aliphatic rings. The first-order valence-electron chi connectivity index (χ1n) is 4.13. The molecule has 0 amide bonds. The van der Waals surface area contributed by atoms with E-state index in [1.165, 1.54) is 0 Å². The van der Waals surface area contributed by atoms with Crippen LogP contribution in [0.15, 0.2) is 23.8 Å². The molecular formula is C8H4F12. The Morgan fingerprint density at radius 2 is 1.05 bits per heavy atom. The van der Waals surface area contributed by atoms with Gasteiger partial charge in [0, 0.05) is 0 Å². The summed E-state index contributed by atoms with van der Waals surface area (Å²) in [6.07, 6.45) is -13.0. The minimum Gasteiger partial charge on any atom is -0.212 e. The van der Waals surface area contributed by atoms with Crippen LogP contribution in [0.3, 0.4) is 0 Å². The van der Waals surface area contributed by atoms with Gasteiger partial charge < -0.3 is 0 Å². The average Bonchev–Trinajstić information content (AvgIpc) is 2.35. The van der Waals surface area contributed by atoms with Gasteiger partial charge in [0.15, 0.2) is 0 Å². The van der Waals surface area contributed by atoms with Crippen LogP contribution in [0.5, 0.6) is 0 Å². The van der Waals surface area contributed by atoms with Crippen molar-refractivity contribution in [2.75, 3.05) is 0 Å². The predicted molar refractivity (Wildman–Crippen MR) is 42.5 cm³/mol. The van der Waals surface area contributed by atoms with Gasteiger partial charge in [0.25, 0.3) is 12.9 Å². The molecule has 0 N–H and O–H groups in total. The summed E-state index contributed by atoms with van der Waals surface area (Å²) in [5.41, 5.74) is 0. The van der Waals surface area contributed by atoms with Crippen molar-refractivity contribution in [2.24, 2.45) is 0 Å². The van der Waals surface area contributed by atoms with Crippen molar-refractivity contribution in [2.45, 2.75) is 25.2 Å². The zero-order valence-corrected chi connectivity index (χ0v) is 8.84. The van der Waals surface area contributed by atoms with Crippen molar-refractivity contribution in [3.05, 3.63) is 23.8 Å². The minimum atomic E-state index is -5.01. The summed E-state index contributed by atoms with van der Waals surface area (Å²) in [5, 5.41) is 0. The Morgan fingerprint density at radius 1 is 0.750 bits per heavy atom. The topological polar surface area (TPSA) is 0 Å². The molecule has 0 radical (unpaired) electrons. The molecule has 0 aromatic rings. The fourth-order valence-electron chi connectivity index (χ4n) is 0.385. The van der Waals surface area contributed by atoms with Gasteiger partial charge in [-0.3, -0.25) is 0 Å². The van der Waals surface area contributed by atoms with Crippen LogP contribution in [0, 0.1) is 0 Å². The average molecular weight is 328 g/mol. The first-order valence-corrected chi connectivity index (χ1v) is 4.13. The van der Waals surface area contributed by atoms with E-state index in [9.17, 15) is 52.7 Å². The summed E-state index contributed by atoms with van der Waals surface area (Å²) >= 11 is 0. The lowest BCUT2D eigenvalue weighted by Gasteiger charge is -2.10. The van der Waals surface area contributed by atoms with E-state index in [0.717, 1.165) is 0 Å². The second kappa shape index (κ2) is 8.74. The Morgan fingerprint density at radius 3 is 1.15 bits per heavy atom. The number of allylic oxidation sites excluding steroid dienone is 3. The van der Waals surface area contributed by atoms with Crippen LogP contribution in [0.25, 0.3) is 0 Å². The van der Waals surface area contributed by atoms with Crippen molar-refractivity contribution in [3.8, 4) is 0 Å². The first kappa shape index (κ1) is 20.9. The quantitative estimate of drug-likeness (QED) is 0.612. The Bertz CT molecular complexity index is 325. The van der Waals surface area contributed by atoms with Gasteiger partial charge in [-0.2, -0.15) is 8.78 Å². The fraction of sp³-hybridized carbons (Fsp3) is 0.500. The van der Waals surface area contributed by atoms with E-state index in [0.29, 0.717) is 0 Å². The van der Waals surface area contributed by atoms with Gasteiger partial charge in [0.05, 0.1) is 0 Å². The van der Waals surface area contributed by atoms with Gasteiger partial charge in [-0.25, -0.2) is 43.9 Å². The van der Waals surface area contributed by atoms with Crippen LogP contribution in [-0.2, 0) is 0 Å². The van der Waals surface area contributed by atoms with Gasteiger partial charge in [-0.05, 0) is 0 Å². The highest BCUT2D eigenvalue weighted by Gasteiger charge is 2.46. The molecule has 0 rings (SSSR count). The van der Waals surface area contributed by atoms with Crippen LogP contribution in [0.1, 0.15) is 0 Å². The van der Waals surface area contributed by atoms with Gasteiger partial charge in [0.2, 0.25) is 17.5 Å². The highest BCUT2D eigenvalue weighted by molar-refractivity contribution is 5.04. The highest BCUT2D eigenvalue weighted by atomic mass is 19.3. The summed E-state index contributed by atoms with van der Waals surface area (Å²) in [7, 11) is 0. The molecule has 0 aromatic carbocycles. The number of halogens is 12. The van der Waals surface area contributed by atoms with Crippen molar-refractivity contribution < 1.29 is 52.7 Å². The third-order valence-electron chi connectivity index (χ3n) is 1.30. The summed E-state index contributed by atoms with van der Waals surface area (Å²) in [4.78, 5) is 0. The SMILES string of the molecule is F/C(=C(/F)C(F)F)C(F)F.F/C=C(\F)C(F)(F)C(F)F. The zero-order valence-electron chi connectivity index (χ0n) is 8.84. The Kier molecular flexibility index (Phi) is 9.15. The molecule has 0 unspecified atom stereocenters. The second-order valence-corrected chi connectivity index (χ2v) is 2.68. The van der Waals surface area contributed by atoms with Crippen molar-refractivity contribution in [1.29, 1.82) is 0 Å². The number of rotatable bonds is 4. The third-order valence-corrected chi connectivity index (χ3v) is 1.30. The molecule has 0 aliphatic heterocycles. The predicted octanol–water partition coefficient (Wildman–Crippen LogP) is 5.33. The standard InChI is InChI=1S/2C4H2F6/c5-1-2(6)4(9,10)3(7)8;5-1(3(7)8)2(6)4(9)10/h1,3H;3-4H/b2-1-;2-1+. The Hall–Kier alpha value is -1.36. The number of hydrogen-bond donors (Lipinski definition) is 0. The summed E-state index contributed by atoms with van der Waals surface area (Å²) < 4.78 is 134. The van der Waals surface area contributed by atoms with E-state index in [1.807, 2.05) is 0 Å². The van der Waals surface area contributed by atoms with Crippen LogP contribution < -0.4 is 0 Å².